The number of nitrogens with zero attached hydrogens (tertiary/aromatic N) is 3. The minimum atomic E-state index is -0.765. The summed E-state index contributed by atoms with van der Waals surface area (Å²) in [5.41, 5.74) is 1.13. The summed E-state index contributed by atoms with van der Waals surface area (Å²) in [6.07, 6.45) is 0.615. The van der Waals surface area contributed by atoms with Gasteiger partial charge in [-0.3, -0.25) is 20.2 Å². The number of hydrogen-bond donors (Lipinski definition) is 1. The van der Waals surface area contributed by atoms with Gasteiger partial charge in [0, 0.05) is 6.07 Å². The smallest absolute Gasteiger partial charge is 0.428 e. The van der Waals surface area contributed by atoms with Gasteiger partial charge in [-0.05, 0) is 44.5 Å². The van der Waals surface area contributed by atoms with Crippen LogP contribution in [0.4, 0.5) is 16.2 Å². The number of carbonyl (C=O) groups is 1. The van der Waals surface area contributed by atoms with E-state index in [1.165, 1.54) is 12.3 Å². The topological polar surface area (TPSA) is 146 Å². The average molecular weight is 402 g/mol. The van der Waals surface area contributed by atoms with Gasteiger partial charge in [-0.25, -0.2) is 10.2 Å². The Labute approximate surface area is 165 Å². The van der Waals surface area contributed by atoms with E-state index < -0.39 is 32.9 Å². The SMILES string of the molecule is CC(C)(C)OC(=O)NN=Cc1cccc(Oc2ccc([N+](=O)[O-])cc2[N+](=O)[O-])c1. The van der Waals surface area contributed by atoms with Crippen LogP contribution in [-0.4, -0.2) is 27.8 Å². The Morgan fingerprint density at radius 1 is 1.10 bits per heavy atom. The van der Waals surface area contributed by atoms with E-state index in [1.54, 1.807) is 39.0 Å². The van der Waals surface area contributed by atoms with Crippen LogP contribution in [0.1, 0.15) is 26.3 Å². The molecule has 0 aliphatic heterocycles. The summed E-state index contributed by atoms with van der Waals surface area (Å²) >= 11 is 0. The summed E-state index contributed by atoms with van der Waals surface area (Å²) in [6, 6.07) is 9.43. The molecule has 0 aromatic heterocycles. The van der Waals surface area contributed by atoms with Crippen molar-refractivity contribution in [2.45, 2.75) is 26.4 Å². The molecule has 1 N–H and O–H groups in total. The lowest BCUT2D eigenvalue weighted by molar-refractivity contribution is -0.394. The first kappa shape index (κ1) is 21.3. The molecule has 0 unspecified atom stereocenters. The second-order valence-corrected chi connectivity index (χ2v) is 6.71. The number of hydrazone groups is 1. The van der Waals surface area contributed by atoms with Gasteiger partial charge >= 0.3 is 11.8 Å². The lowest BCUT2D eigenvalue weighted by Crippen LogP contribution is -2.29. The number of non-ortho nitro benzene ring substituents is 1. The number of nitro groups is 2. The Hall–Kier alpha value is -4.02. The monoisotopic (exact) mass is 402 g/mol. The Kier molecular flexibility index (Phi) is 6.44. The molecule has 2 rings (SSSR count). The van der Waals surface area contributed by atoms with Crippen LogP contribution < -0.4 is 10.2 Å². The van der Waals surface area contributed by atoms with Crippen molar-refractivity contribution in [1.82, 2.24) is 5.43 Å². The van der Waals surface area contributed by atoms with E-state index in [9.17, 15) is 25.0 Å². The second kappa shape index (κ2) is 8.78. The van der Waals surface area contributed by atoms with Crippen LogP contribution in [0.3, 0.4) is 0 Å². The number of rotatable bonds is 6. The predicted molar refractivity (Wildman–Crippen MR) is 103 cm³/mol. The fraction of sp³-hybridized carbons (Fsp3) is 0.222. The average Bonchev–Trinajstić information content (AvgIpc) is 2.60. The molecule has 11 nitrogen and oxygen atoms in total. The second-order valence-electron chi connectivity index (χ2n) is 6.71. The van der Waals surface area contributed by atoms with E-state index >= 15 is 0 Å². The quantitative estimate of drug-likeness (QED) is 0.433. The van der Waals surface area contributed by atoms with Crippen LogP contribution >= 0.6 is 0 Å². The predicted octanol–water partition coefficient (Wildman–Crippen LogP) is 4.15. The number of nitro benzene ring substituents is 2. The summed E-state index contributed by atoms with van der Waals surface area (Å²) in [4.78, 5) is 32.0. The highest BCUT2D eigenvalue weighted by molar-refractivity contribution is 5.81. The minimum Gasteiger partial charge on any atom is -0.450 e. The zero-order valence-electron chi connectivity index (χ0n) is 15.8. The lowest BCUT2D eigenvalue weighted by Gasteiger charge is -2.18. The molecule has 11 heteroatoms. The van der Waals surface area contributed by atoms with Crippen LogP contribution in [0.2, 0.25) is 0 Å². The van der Waals surface area contributed by atoms with Gasteiger partial charge in [0.05, 0.1) is 22.1 Å². The number of nitrogens with one attached hydrogen (secondary N) is 1. The highest BCUT2D eigenvalue weighted by atomic mass is 16.6. The van der Waals surface area contributed by atoms with E-state index in [1.807, 2.05) is 0 Å². The summed E-state index contributed by atoms with van der Waals surface area (Å²) in [6.45, 7) is 5.15. The maximum Gasteiger partial charge on any atom is 0.428 e. The number of benzene rings is 2. The van der Waals surface area contributed by atoms with Crippen molar-refractivity contribution in [3.05, 3.63) is 68.3 Å². The molecular formula is C18H18N4O7. The van der Waals surface area contributed by atoms with Gasteiger partial charge < -0.3 is 9.47 Å². The van der Waals surface area contributed by atoms with Crippen LogP contribution in [0.5, 0.6) is 11.5 Å². The zero-order valence-corrected chi connectivity index (χ0v) is 15.8. The van der Waals surface area contributed by atoms with Crippen molar-refractivity contribution in [3.63, 3.8) is 0 Å². The van der Waals surface area contributed by atoms with Crippen molar-refractivity contribution in [2.24, 2.45) is 5.10 Å². The molecule has 1 amide bonds. The molecular weight excluding hydrogens is 384 g/mol. The van der Waals surface area contributed by atoms with Gasteiger partial charge in [0.25, 0.3) is 5.69 Å². The highest BCUT2D eigenvalue weighted by Gasteiger charge is 2.21. The van der Waals surface area contributed by atoms with Gasteiger partial charge in [0.1, 0.15) is 11.4 Å². The summed E-state index contributed by atoms with van der Waals surface area (Å²) in [7, 11) is 0. The molecule has 0 bridgehead atoms. The first-order valence-electron chi connectivity index (χ1n) is 8.28. The van der Waals surface area contributed by atoms with Crippen molar-refractivity contribution in [3.8, 4) is 11.5 Å². The van der Waals surface area contributed by atoms with Crippen LogP contribution in [0.25, 0.3) is 0 Å². The summed E-state index contributed by atoms with van der Waals surface area (Å²) in [5, 5.41) is 25.8. The molecule has 29 heavy (non-hydrogen) atoms. The molecule has 0 radical (unpaired) electrons. The molecule has 0 saturated carbocycles. The van der Waals surface area contributed by atoms with Crippen LogP contribution in [-0.2, 0) is 4.74 Å². The van der Waals surface area contributed by atoms with Gasteiger partial charge in [-0.1, -0.05) is 12.1 Å². The molecule has 152 valence electrons. The number of carbonyl (C=O) groups excluding carboxylic acids is 1. The third-order valence-corrected chi connectivity index (χ3v) is 3.20. The fourth-order valence-corrected chi connectivity index (χ4v) is 2.09. The Balaban J connectivity index is 2.14. The van der Waals surface area contributed by atoms with E-state index in [0.29, 0.717) is 5.56 Å². The van der Waals surface area contributed by atoms with Gasteiger partial charge in [-0.2, -0.15) is 5.10 Å². The fourth-order valence-electron chi connectivity index (χ4n) is 2.09. The third-order valence-electron chi connectivity index (χ3n) is 3.20. The molecule has 0 fully saturated rings. The third kappa shape index (κ3) is 6.57. The molecule has 0 aliphatic rings. The van der Waals surface area contributed by atoms with Gasteiger partial charge in [-0.15, -0.1) is 0 Å². The number of hydrogen-bond acceptors (Lipinski definition) is 8. The molecule has 0 saturated heterocycles. The summed E-state index contributed by atoms with van der Waals surface area (Å²) in [5.74, 6) is 0.0877. The largest absolute Gasteiger partial charge is 0.450 e. The van der Waals surface area contributed by atoms with Crippen LogP contribution in [0.15, 0.2) is 47.6 Å². The van der Waals surface area contributed by atoms with Crippen molar-refractivity contribution in [1.29, 1.82) is 0 Å². The normalized spacial score (nSPS) is 11.1. The molecule has 2 aromatic rings. The van der Waals surface area contributed by atoms with Crippen molar-refractivity contribution >= 4 is 23.7 Å². The molecule has 0 spiro atoms. The van der Waals surface area contributed by atoms with E-state index in [2.05, 4.69) is 10.5 Å². The molecule has 2 aromatic carbocycles. The Morgan fingerprint density at radius 2 is 1.83 bits per heavy atom. The number of ether oxygens (including phenoxy) is 2. The highest BCUT2D eigenvalue weighted by Crippen LogP contribution is 2.34. The maximum atomic E-state index is 11.6. The Morgan fingerprint density at radius 3 is 2.45 bits per heavy atom. The van der Waals surface area contributed by atoms with E-state index in [0.717, 1.165) is 18.2 Å². The zero-order chi connectivity index (χ0) is 21.6. The lowest BCUT2D eigenvalue weighted by atomic mass is 10.2. The first-order chi connectivity index (χ1) is 13.5. The minimum absolute atomic E-state index is 0.151. The van der Waals surface area contributed by atoms with Crippen molar-refractivity contribution < 1.29 is 24.1 Å². The molecule has 0 atom stereocenters. The first-order valence-corrected chi connectivity index (χ1v) is 8.28. The van der Waals surface area contributed by atoms with Gasteiger partial charge in [0.2, 0.25) is 5.75 Å². The summed E-state index contributed by atoms with van der Waals surface area (Å²) < 4.78 is 10.5. The molecule has 0 aliphatic carbocycles. The van der Waals surface area contributed by atoms with Crippen LogP contribution in [0, 0.1) is 20.2 Å². The van der Waals surface area contributed by atoms with Crippen molar-refractivity contribution in [2.75, 3.05) is 0 Å². The molecule has 0 heterocycles. The van der Waals surface area contributed by atoms with E-state index in [-0.39, 0.29) is 11.5 Å². The van der Waals surface area contributed by atoms with Gasteiger partial charge in [0.15, 0.2) is 0 Å². The standard InChI is InChI=1S/C18H18N4O7/c1-18(2,3)29-17(23)20-19-11-12-5-4-6-14(9-12)28-16-8-7-13(21(24)25)10-15(16)22(26)27/h4-11H,1-3H3,(H,20,23). The Bertz CT molecular complexity index is 967. The maximum absolute atomic E-state index is 11.6. The van der Waals surface area contributed by atoms with E-state index in [4.69, 9.17) is 9.47 Å². The number of amides is 1.